The lowest BCUT2D eigenvalue weighted by Crippen LogP contribution is -2.26. The third-order valence-electron chi connectivity index (χ3n) is 15.9. The van der Waals surface area contributed by atoms with Crippen LogP contribution in [0.1, 0.15) is 22.3 Å². The van der Waals surface area contributed by atoms with Crippen molar-refractivity contribution in [1.82, 2.24) is 24.5 Å². The molecule has 3 heterocycles. The van der Waals surface area contributed by atoms with E-state index >= 15 is 0 Å². The minimum absolute atomic E-state index is 0.561. The van der Waals surface area contributed by atoms with Gasteiger partial charge in [0.25, 0.3) is 0 Å². The summed E-state index contributed by atoms with van der Waals surface area (Å²) >= 11 is 0. The summed E-state index contributed by atoms with van der Waals surface area (Å²) in [6, 6.07) is 88.0. The van der Waals surface area contributed by atoms with Crippen molar-refractivity contribution in [3.63, 3.8) is 0 Å². The number of nitrogens with zero attached hydrogens (tertiary/aromatic N) is 5. The highest BCUT2D eigenvalue weighted by Gasteiger charge is 2.53. The Morgan fingerprint density at radius 1 is 0.311 bits per heavy atom. The molecule has 2 aliphatic carbocycles. The van der Waals surface area contributed by atoms with Crippen molar-refractivity contribution >= 4 is 54.1 Å². The van der Waals surface area contributed by atoms with Crippen LogP contribution in [-0.4, -0.2) is 24.5 Å². The molecule has 0 radical (unpaired) electrons. The van der Waals surface area contributed by atoms with Crippen LogP contribution in [0, 0.1) is 0 Å². The zero-order valence-electron chi connectivity index (χ0n) is 39.9. The fourth-order valence-electron chi connectivity index (χ4n) is 12.8. The maximum absolute atomic E-state index is 5.40. The number of hydrogen-bond acceptors (Lipinski definition) is 4. The Morgan fingerprint density at radius 2 is 0.824 bits per heavy atom. The van der Waals surface area contributed by atoms with Gasteiger partial charge in [0.2, 0.25) is 5.95 Å². The quantitative estimate of drug-likeness (QED) is 0.161. The van der Waals surface area contributed by atoms with Crippen LogP contribution in [0.2, 0.25) is 0 Å². The molecule has 0 N–H and O–H groups in total. The molecule has 5 heteroatoms. The monoisotopic (exact) mass is 939 g/mol. The zero-order valence-corrected chi connectivity index (χ0v) is 39.9. The van der Waals surface area contributed by atoms with Crippen LogP contribution in [-0.2, 0) is 5.41 Å². The average Bonchev–Trinajstić information content (AvgIpc) is 4.09. The van der Waals surface area contributed by atoms with Crippen molar-refractivity contribution in [2.75, 3.05) is 0 Å². The molecule has 0 bridgehead atoms. The van der Waals surface area contributed by atoms with Crippen LogP contribution in [0.3, 0.4) is 0 Å². The molecule has 0 amide bonds. The van der Waals surface area contributed by atoms with Gasteiger partial charge in [-0.25, -0.2) is 4.98 Å². The van der Waals surface area contributed by atoms with Crippen LogP contribution in [0.15, 0.2) is 249 Å². The van der Waals surface area contributed by atoms with E-state index in [4.69, 9.17) is 19.9 Å². The van der Waals surface area contributed by atoms with Gasteiger partial charge in [-0.15, -0.1) is 0 Å². The van der Waals surface area contributed by atoms with Crippen molar-refractivity contribution in [3.05, 3.63) is 271 Å². The smallest absolute Gasteiger partial charge is 0.238 e. The van der Waals surface area contributed by atoms with Gasteiger partial charge in [-0.3, -0.25) is 9.55 Å². The van der Waals surface area contributed by atoms with Gasteiger partial charge >= 0.3 is 0 Å². The van der Waals surface area contributed by atoms with Gasteiger partial charge in [0.15, 0.2) is 11.6 Å². The normalized spacial score (nSPS) is 14.3. The Morgan fingerprint density at radius 3 is 1.49 bits per heavy atom. The fourth-order valence-corrected chi connectivity index (χ4v) is 12.8. The molecular formula is C69H41N5. The first kappa shape index (κ1) is 40.8. The topological polar surface area (TPSA) is 56.5 Å². The molecule has 1 unspecified atom stereocenters. The second kappa shape index (κ2) is 15.6. The van der Waals surface area contributed by atoms with Crippen LogP contribution in [0.5, 0.6) is 0 Å². The molecule has 5 nitrogen and oxygen atoms in total. The number of pyridine rings is 1. The highest BCUT2D eigenvalue weighted by atomic mass is 15.2. The lowest BCUT2D eigenvalue weighted by molar-refractivity contribution is 0.792. The molecule has 0 saturated carbocycles. The summed E-state index contributed by atoms with van der Waals surface area (Å²) in [7, 11) is 0. The van der Waals surface area contributed by atoms with Crippen LogP contribution < -0.4 is 0 Å². The molecule has 0 fully saturated rings. The van der Waals surface area contributed by atoms with Crippen LogP contribution in [0.25, 0.3) is 127 Å². The van der Waals surface area contributed by atoms with E-state index in [0.29, 0.717) is 17.6 Å². The van der Waals surface area contributed by atoms with E-state index < -0.39 is 5.41 Å². The summed E-state index contributed by atoms with van der Waals surface area (Å²) in [5.74, 6) is 1.79. The van der Waals surface area contributed by atoms with Gasteiger partial charge < -0.3 is 0 Å². The molecule has 1 atom stereocenters. The first-order chi connectivity index (χ1) is 36.7. The maximum Gasteiger partial charge on any atom is 0.238 e. The van der Waals surface area contributed by atoms with Gasteiger partial charge in [-0.1, -0.05) is 206 Å². The van der Waals surface area contributed by atoms with Crippen molar-refractivity contribution in [1.29, 1.82) is 0 Å². The third kappa shape index (κ3) is 5.69. The summed E-state index contributed by atoms with van der Waals surface area (Å²) in [6.07, 6.45) is 1.95. The minimum atomic E-state index is -0.708. The number of benzene rings is 11. The van der Waals surface area contributed by atoms with E-state index in [1.807, 2.05) is 42.6 Å². The van der Waals surface area contributed by atoms with E-state index in [0.717, 1.165) is 49.6 Å². The SMILES string of the molecule is c1ccc(-c2nc(-c3ccccc3)nc(-n3c4cc5c(cc4c4cc6ccccc6cc43)-c3ccccc3C53c4cc(-c5c6ccccc6c(-c6ccccc6)c6ccccc56)ccc4-c4ncccc43)n2)cc1. The van der Waals surface area contributed by atoms with E-state index in [1.54, 1.807) is 0 Å². The van der Waals surface area contributed by atoms with E-state index in [2.05, 4.69) is 211 Å². The molecule has 1 spiro atoms. The lowest BCUT2D eigenvalue weighted by atomic mass is 9.70. The number of rotatable bonds is 5. The van der Waals surface area contributed by atoms with Crippen LogP contribution in [0.4, 0.5) is 0 Å². The second-order valence-electron chi connectivity index (χ2n) is 19.6. The largest absolute Gasteiger partial charge is 0.278 e. The van der Waals surface area contributed by atoms with Crippen molar-refractivity contribution in [3.8, 4) is 73.4 Å². The number of hydrogen-bond donors (Lipinski definition) is 0. The Bertz CT molecular complexity index is 4540. The number of fused-ring (bicyclic) bond motifs is 16. The van der Waals surface area contributed by atoms with E-state index in [9.17, 15) is 0 Å². The first-order valence-electron chi connectivity index (χ1n) is 25.3. The Balaban J connectivity index is 1.02. The molecule has 0 saturated heterocycles. The Labute approximate surface area is 426 Å². The maximum atomic E-state index is 5.40. The predicted octanol–water partition coefficient (Wildman–Crippen LogP) is 16.8. The fraction of sp³-hybridized carbons (Fsp3) is 0.0145. The summed E-state index contributed by atoms with van der Waals surface area (Å²) in [5.41, 5.74) is 17.5. The minimum Gasteiger partial charge on any atom is -0.278 e. The molecule has 342 valence electrons. The number of aromatic nitrogens is 5. The van der Waals surface area contributed by atoms with Crippen molar-refractivity contribution < 1.29 is 0 Å². The van der Waals surface area contributed by atoms with Crippen molar-refractivity contribution in [2.45, 2.75) is 5.41 Å². The molecule has 74 heavy (non-hydrogen) atoms. The van der Waals surface area contributed by atoms with Gasteiger partial charge in [-0.2, -0.15) is 9.97 Å². The summed E-state index contributed by atoms with van der Waals surface area (Å²) in [6.45, 7) is 0. The van der Waals surface area contributed by atoms with Gasteiger partial charge in [0, 0.05) is 33.7 Å². The molecule has 3 aromatic heterocycles. The predicted molar refractivity (Wildman–Crippen MR) is 303 cm³/mol. The summed E-state index contributed by atoms with van der Waals surface area (Å²) < 4.78 is 2.29. The first-order valence-corrected chi connectivity index (χ1v) is 25.3. The average molecular weight is 940 g/mol. The molecule has 0 aliphatic heterocycles. The van der Waals surface area contributed by atoms with Crippen molar-refractivity contribution in [2.24, 2.45) is 0 Å². The second-order valence-corrected chi connectivity index (χ2v) is 19.6. The van der Waals surface area contributed by atoms with Gasteiger partial charge in [0.05, 0.1) is 22.1 Å². The van der Waals surface area contributed by atoms with Crippen LogP contribution >= 0.6 is 0 Å². The standard InChI is InChI=1S/C69H41N5/c1-4-19-42(20-5-1)63-49-28-12-14-30-51(49)64(52-31-15-13-29-50(52)63)47-34-35-53-59(38-47)69(58-33-18-36-70-65(53)58)57-32-17-16-27-48(57)54-40-56-55-37-45-25-10-11-26-46(45)39-61(55)74(62(56)41-60(54)69)68-72-66(43-21-6-2-7-22-43)71-67(73-68)44-23-8-3-9-24-44/h1-41H. The lowest BCUT2D eigenvalue weighted by Gasteiger charge is -2.30. The van der Waals surface area contributed by atoms with Gasteiger partial charge in [-0.05, 0) is 124 Å². The summed E-state index contributed by atoms with van der Waals surface area (Å²) in [4.78, 5) is 21.2. The Hall–Kier alpha value is -9.84. The Kier molecular flexibility index (Phi) is 8.60. The summed E-state index contributed by atoms with van der Waals surface area (Å²) in [5, 5.41) is 9.50. The molecular weight excluding hydrogens is 899 g/mol. The highest BCUT2D eigenvalue weighted by molar-refractivity contribution is 6.22. The van der Waals surface area contributed by atoms with E-state index in [-0.39, 0.29) is 0 Å². The highest BCUT2D eigenvalue weighted by Crippen LogP contribution is 2.64. The molecule has 16 rings (SSSR count). The van der Waals surface area contributed by atoms with Gasteiger partial charge in [0.1, 0.15) is 0 Å². The molecule has 14 aromatic rings. The molecule has 2 aliphatic rings. The molecule has 11 aromatic carbocycles. The van der Waals surface area contributed by atoms with E-state index in [1.165, 1.54) is 82.6 Å². The zero-order chi connectivity index (χ0) is 48.5. The third-order valence-corrected chi connectivity index (χ3v) is 15.9.